The average Bonchev–Trinajstić information content (AvgIpc) is 2.38. The zero-order valence-corrected chi connectivity index (χ0v) is 8.95. The summed E-state index contributed by atoms with van der Waals surface area (Å²) in [5.74, 6) is 0. The Labute approximate surface area is 95.0 Å². The number of allylic oxidation sites excluding steroid dienone is 1. The standard InChI is InChI=1S/C13H14N2O/c16-11-3-4-12-5-7-13(8-6-12)15-10-2-1-9-14-15/h2-10,16H,1,11H2. The van der Waals surface area contributed by atoms with Crippen LogP contribution < -0.4 is 5.01 Å². The molecule has 1 aromatic carbocycles. The Bertz CT molecular complexity index is 406. The Morgan fingerprint density at radius 2 is 2.12 bits per heavy atom. The minimum atomic E-state index is 0.0703. The summed E-state index contributed by atoms with van der Waals surface area (Å²) in [4.78, 5) is 0. The van der Waals surface area contributed by atoms with E-state index >= 15 is 0 Å². The van der Waals surface area contributed by atoms with Gasteiger partial charge in [0.15, 0.2) is 0 Å². The first-order chi connectivity index (χ1) is 7.90. The Kier molecular flexibility index (Phi) is 3.51. The van der Waals surface area contributed by atoms with Gasteiger partial charge in [0, 0.05) is 18.8 Å². The van der Waals surface area contributed by atoms with Gasteiger partial charge in [0.25, 0.3) is 0 Å². The molecule has 16 heavy (non-hydrogen) atoms. The number of anilines is 1. The van der Waals surface area contributed by atoms with Crippen LogP contribution in [0.15, 0.2) is 47.7 Å². The molecule has 0 amide bonds. The van der Waals surface area contributed by atoms with Gasteiger partial charge in [0.1, 0.15) is 0 Å². The highest BCUT2D eigenvalue weighted by Crippen LogP contribution is 2.18. The molecule has 0 aliphatic carbocycles. The quantitative estimate of drug-likeness (QED) is 0.838. The molecular formula is C13H14N2O. The van der Waals surface area contributed by atoms with Gasteiger partial charge in [-0.05, 0) is 17.7 Å². The summed E-state index contributed by atoms with van der Waals surface area (Å²) in [5.41, 5.74) is 2.11. The van der Waals surface area contributed by atoms with Crippen molar-refractivity contribution in [3.8, 4) is 0 Å². The number of aliphatic hydroxyl groups excluding tert-OH is 1. The maximum atomic E-state index is 8.66. The van der Waals surface area contributed by atoms with Crippen LogP contribution in [0.3, 0.4) is 0 Å². The van der Waals surface area contributed by atoms with E-state index in [1.165, 1.54) is 0 Å². The summed E-state index contributed by atoms with van der Waals surface area (Å²) in [6, 6.07) is 8.01. The molecule has 82 valence electrons. The van der Waals surface area contributed by atoms with Crippen LogP contribution in [0, 0.1) is 0 Å². The Morgan fingerprint density at radius 1 is 1.31 bits per heavy atom. The molecule has 1 aliphatic heterocycles. The average molecular weight is 214 g/mol. The van der Waals surface area contributed by atoms with Gasteiger partial charge in [0.05, 0.1) is 12.3 Å². The van der Waals surface area contributed by atoms with Crippen molar-refractivity contribution >= 4 is 18.0 Å². The number of rotatable bonds is 3. The molecule has 2 rings (SSSR count). The Morgan fingerprint density at radius 3 is 2.75 bits per heavy atom. The minimum Gasteiger partial charge on any atom is -0.392 e. The van der Waals surface area contributed by atoms with Crippen molar-refractivity contribution in [2.24, 2.45) is 5.10 Å². The van der Waals surface area contributed by atoms with E-state index in [0.717, 1.165) is 17.7 Å². The van der Waals surface area contributed by atoms with E-state index in [1.54, 1.807) is 6.08 Å². The maximum Gasteiger partial charge on any atom is 0.0645 e. The zero-order chi connectivity index (χ0) is 11.2. The largest absolute Gasteiger partial charge is 0.392 e. The van der Waals surface area contributed by atoms with Gasteiger partial charge in [-0.2, -0.15) is 5.10 Å². The highest BCUT2D eigenvalue weighted by Gasteiger charge is 2.01. The SMILES string of the molecule is OCC=Cc1ccc(N2C=CCC=N2)cc1. The van der Waals surface area contributed by atoms with Gasteiger partial charge in [-0.25, -0.2) is 5.01 Å². The van der Waals surface area contributed by atoms with Crippen molar-refractivity contribution in [1.82, 2.24) is 0 Å². The van der Waals surface area contributed by atoms with E-state index in [-0.39, 0.29) is 6.61 Å². The van der Waals surface area contributed by atoms with Crippen molar-refractivity contribution in [2.75, 3.05) is 11.6 Å². The number of aliphatic hydroxyl groups is 1. The van der Waals surface area contributed by atoms with E-state index in [2.05, 4.69) is 11.2 Å². The van der Waals surface area contributed by atoms with Crippen LogP contribution in [0.25, 0.3) is 6.08 Å². The van der Waals surface area contributed by atoms with Crippen molar-refractivity contribution in [2.45, 2.75) is 6.42 Å². The number of hydrogen-bond donors (Lipinski definition) is 1. The lowest BCUT2D eigenvalue weighted by Gasteiger charge is -2.16. The van der Waals surface area contributed by atoms with Crippen LogP contribution in [0.5, 0.6) is 0 Å². The third-order valence-corrected chi connectivity index (χ3v) is 2.27. The van der Waals surface area contributed by atoms with Crippen LogP contribution in [0.4, 0.5) is 5.69 Å². The molecular weight excluding hydrogens is 200 g/mol. The normalized spacial score (nSPS) is 14.9. The predicted octanol–water partition coefficient (Wildman–Crippen LogP) is 2.40. The van der Waals surface area contributed by atoms with Crippen LogP contribution in [-0.2, 0) is 0 Å². The predicted molar refractivity (Wildman–Crippen MR) is 67.3 cm³/mol. The summed E-state index contributed by atoms with van der Waals surface area (Å²) >= 11 is 0. The summed E-state index contributed by atoms with van der Waals surface area (Å²) in [6.07, 6.45) is 10.4. The van der Waals surface area contributed by atoms with Crippen molar-refractivity contribution in [3.63, 3.8) is 0 Å². The fourth-order valence-electron chi connectivity index (χ4n) is 1.47. The molecule has 1 N–H and O–H groups in total. The zero-order valence-electron chi connectivity index (χ0n) is 8.95. The third-order valence-electron chi connectivity index (χ3n) is 2.27. The molecule has 1 aromatic rings. The molecule has 0 saturated carbocycles. The number of nitrogens with zero attached hydrogens (tertiary/aromatic N) is 2. The molecule has 1 heterocycles. The van der Waals surface area contributed by atoms with Crippen molar-refractivity contribution < 1.29 is 5.11 Å². The van der Waals surface area contributed by atoms with Crippen LogP contribution in [-0.4, -0.2) is 17.9 Å². The van der Waals surface area contributed by atoms with Crippen LogP contribution in [0.2, 0.25) is 0 Å². The van der Waals surface area contributed by atoms with Gasteiger partial charge in [-0.1, -0.05) is 30.4 Å². The van der Waals surface area contributed by atoms with Gasteiger partial charge in [0.2, 0.25) is 0 Å². The van der Waals surface area contributed by atoms with Gasteiger partial charge in [-0.15, -0.1) is 0 Å². The Balaban J connectivity index is 2.12. The number of hydrogen-bond acceptors (Lipinski definition) is 3. The minimum absolute atomic E-state index is 0.0703. The molecule has 0 bridgehead atoms. The number of benzene rings is 1. The lowest BCUT2D eigenvalue weighted by molar-refractivity contribution is 0.343. The lowest BCUT2D eigenvalue weighted by Crippen LogP contribution is -2.09. The molecule has 3 heteroatoms. The summed E-state index contributed by atoms with van der Waals surface area (Å²) in [7, 11) is 0. The highest BCUT2D eigenvalue weighted by atomic mass is 16.2. The third kappa shape index (κ3) is 2.58. The smallest absolute Gasteiger partial charge is 0.0645 e. The highest BCUT2D eigenvalue weighted by molar-refractivity contribution is 5.66. The van der Waals surface area contributed by atoms with Gasteiger partial charge >= 0.3 is 0 Å². The topological polar surface area (TPSA) is 35.8 Å². The molecule has 0 saturated heterocycles. The molecule has 1 aliphatic rings. The summed E-state index contributed by atoms with van der Waals surface area (Å²) in [6.45, 7) is 0.0703. The lowest BCUT2D eigenvalue weighted by atomic mass is 10.2. The first kappa shape index (κ1) is 10.6. The van der Waals surface area contributed by atoms with Crippen molar-refractivity contribution in [1.29, 1.82) is 0 Å². The van der Waals surface area contributed by atoms with E-state index in [1.807, 2.05) is 47.8 Å². The molecule has 0 spiro atoms. The second-order valence-electron chi connectivity index (χ2n) is 3.44. The Hall–Kier alpha value is -1.87. The first-order valence-electron chi connectivity index (χ1n) is 5.26. The molecule has 0 aromatic heterocycles. The second kappa shape index (κ2) is 5.28. The molecule has 0 radical (unpaired) electrons. The summed E-state index contributed by atoms with van der Waals surface area (Å²) in [5, 5.41) is 14.8. The summed E-state index contributed by atoms with van der Waals surface area (Å²) < 4.78 is 0. The molecule has 0 unspecified atom stereocenters. The maximum absolute atomic E-state index is 8.66. The van der Waals surface area contributed by atoms with Gasteiger partial charge < -0.3 is 5.11 Å². The van der Waals surface area contributed by atoms with E-state index in [4.69, 9.17) is 5.11 Å². The molecule has 0 fully saturated rings. The second-order valence-corrected chi connectivity index (χ2v) is 3.44. The monoisotopic (exact) mass is 214 g/mol. The molecule has 0 atom stereocenters. The number of hydrazone groups is 1. The first-order valence-corrected chi connectivity index (χ1v) is 5.26. The fourth-order valence-corrected chi connectivity index (χ4v) is 1.47. The van der Waals surface area contributed by atoms with Crippen LogP contribution in [0.1, 0.15) is 12.0 Å². The van der Waals surface area contributed by atoms with E-state index in [9.17, 15) is 0 Å². The van der Waals surface area contributed by atoms with Crippen molar-refractivity contribution in [3.05, 3.63) is 48.2 Å². The van der Waals surface area contributed by atoms with E-state index in [0.29, 0.717) is 0 Å². The molecule has 3 nitrogen and oxygen atoms in total. The van der Waals surface area contributed by atoms with Crippen LogP contribution >= 0.6 is 0 Å². The van der Waals surface area contributed by atoms with Gasteiger partial charge in [-0.3, -0.25) is 0 Å². The van der Waals surface area contributed by atoms with E-state index < -0.39 is 0 Å². The fraction of sp³-hybridized carbons (Fsp3) is 0.154.